The summed E-state index contributed by atoms with van der Waals surface area (Å²) in [5.74, 6) is 1.59. The first-order valence-electron chi connectivity index (χ1n) is 10.0. The Morgan fingerprint density at radius 2 is 1.71 bits per heavy atom. The second-order valence-corrected chi connectivity index (χ2v) is 7.19. The van der Waals surface area contributed by atoms with Gasteiger partial charge in [0, 0.05) is 38.2 Å². The number of benzene rings is 1. The molecule has 0 aliphatic carbocycles. The summed E-state index contributed by atoms with van der Waals surface area (Å²) in [7, 11) is 3.23. The fourth-order valence-corrected chi connectivity index (χ4v) is 3.33. The molecule has 1 heterocycles. The smallest absolute Gasteiger partial charge is 0.234 e. The summed E-state index contributed by atoms with van der Waals surface area (Å²) in [6.45, 7) is 4.87. The molecule has 2 amide bonds. The van der Waals surface area contributed by atoms with Crippen molar-refractivity contribution in [2.24, 2.45) is 0 Å². The molecular formula is C21H33N3O4. The molecule has 1 fully saturated rings. The van der Waals surface area contributed by atoms with E-state index in [0.29, 0.717) is 19.4 Å². The first-order valence-corrected chi connectivity index (χ1v) is 10.0. The molecule has 0 saturated carbocycles. The molecule has 2 N–H and O–H groups in total. The van der Waals surface area contributed by atoms with Crippen LogP contribution >= 0.6 is 0 Å². The van der Waals surface area contributed by atoms with Crippen molar-refractivity contribution in [3.05, 3.63) is 23.8 Å². The van der Waals surface area contributed by atoms with E-state index in [9.17, 15) is 9.59 Å². The molecule has 2 rings (SSSR count). The maximum atomic E-state index is 12.3. The highest BCUT2D eigenvalue weighted by Gasteiger charge is 2.21. The minimum Gasteiger partial charge on any atom is -0.497 e. The molecule has 7 nitrogen and oxygen atoms in total. The maximum absolute atomic E-state index is 12.3. The first kappa shape index (κ1) is 22.0. The normalized spacial score (nSPS) is 15.1. The van der Waals surface area contributed by atoms with Crippen LogP contribution in [0.4, 0.5) is 0 Å². The Bertz CT molecular complexity index is 620. The second kappa shape index (κ2) is 11.5. The molecule has 156 valence electrons. The predicted molar refractivity (Wildman–Crippen MR) is 109 cm³/mol. The summed E-state index contributed by atoms with van der Waals surface area (Å²) in [4.78, 5) is 26.3. The molecule has 1 saturated heterocycles. The zero-order valence-corrected chi connectivity index (χ0v) is 17.3. The molecule has 0 spiro atoms. The Labute approximate surface area is 167 Å². The molecule has 1 aliphatic heterocycles. The van der Waals surface area contributed by atoms with Crippen LogP contribution in [0.2, 0.25) is 0 Å². The topological polar surface area (TPSA) is 79.9 Å². The molecular weight excluding hydrogens is 358 g/mol. The van der Waals surface area contributed by atoms with Crippen molar-refractivity contribution in [3.8, 4) is 11.5 Å². The highest BCUT2D eigenvalue weighted by molar-refractivity contribution is 5.78. The molecule has 0 radical (unpaired) electrons. The van der Waals surface area contributed by atoms with Crippen molar-refractivity contribution in [2.45, 2.75) is 45.1 Å². The summed E-state index contributed by atoms with van der Waals surface area (Å²) >= 11 is 0. The molecule has 0 unspecified atom stereocenters. The Kier molecular flexibility index (Phi) is 9.07. The molecule has 28 heavy (non-hydrogen) atoms. The van der Waals surface area contributed by atoms with Crippen molar-refractivity contribution >= 4 is 11.8 Å². The van der Waals surface area contributed by atoms with Crippen LogP contribution in [0.3, 0.4) is 0 Å². The number of rotatable bonds is 10. The molecule has 1 aliphatic rings. The highest BCUT2D eigenvalue weighted by atomic mass is 16.5. The van der Waals surface area contributed by atoms with E-state index >= 15 is 0 Å². The number of carbonyl (C=O) groups is 2. The number of methoxy groups -OCH3 is 2. The van der Waals surface area contributed by atoms with Crippen LogP contribution in [0.5, 0.6) is 11.5 Å². The van der Waals surface area contributed by atoms with E-state index in [1.165, 1.54) is 0 Å². The van der Waals surface area contributed by atoms with E-state index in [1.807, 2.05) is 25.1 Å². The fourth-order valence-electron chi connectivity index (χ4n) is 3.33. The lowest BCUT2D eigenvalue weighted by Gasteiger charge is -2.31. The third-order valence-corrected chi connectivity index (χ3v) is 4.94. The van der Waals surface area contributed by atoms with Gasteiger partial charge in [-0.1, -0.05) is 6.92 Å². The van der Waals surface area contributed by atoms with Crippen LogP contribution in [-0.4, -0.2) is 63.2 Å². The summed E-state index contributed by atoms with van der Waals surface area (Å²) in [6.07, 6.45) is 3.76. The third-order valence-electron chi connectivity index (χ3n) is 4.94. The Morgan fingerprint density at radius 3 is 2.29 bits per heavy atom. The number of ether oxygens (including phenoxy) is 2. The fraction of sp³-hybridized carbons (Fsp3) is 0.619. The van der Waals surface area contributed by atoms with Gasteiger partial charge in [-0.2, -0.15) is 0 Å². The highest BCUT2D eigenvalue weighted by Crippen LogP contribution is 2.23. The number of piperidine rings is 1. The predicted octanol–water partition coefficient (Wildman–Crippen LogP) is 1.74. The van der Waals surface area contributed by atoms with Gasteiger partial charge >= 0.3 is 0 Å². The molecule has 0 bridgehead atoms. The van der Waals surface area contributed by atoms with Gasteiger partial charge in [0.15, 0.2) is 0 Å². The van der Waals surface area contributed by atoms with E-state index in [4.69, 9.17) is 9.47 Å². The van der Waals surface area contributed by atoms with Crippen LogP contribution < -0.4 is 20.1 Å². The van der Waals surface area contributed by atoms with Gasteiger partial charge in [-0.25, -0.2) is 0 Å². The lowest BCUT2D eigenvalue weighted by molar-refractivity contribution is -0.124. The van der Waals surface area contributed by atoms with E-state index < -0.39 is 0 Å². The minimum absolute atomic E-state index is 0.0564. The van der Waals surface area contributed by atoms with E-state index in [0.717, 1.165) is 56.0 Å². The van der Waals surface area contributed by atoms with E-state index in [2.05, 4.69) is 15.5 Å². The second-order valence-electron chi connectivity index (χ2n) is 7.19. The van der Waals surface area contributed by atoms with E-state index in [1.54, 1.807) is 14.2 Å². The molecule has 0 aromatic heterocycles. The van der Waals surface area contributed by atoms with Gasteiger partial charge in [0.25, 0.3) is 0 Å². The average Bonchev–Trinajstić information content (AvgIpc) is 2.71. The van der Waals surface area contributed by atoms with Gasteiger partial charge in [-0.3, -0.25) is 14.5 Å². The first-order chi connectivity index (χ1) is 13.5. The summed E-state index contributed by atoms with van der Waals surface area (Å²) in [6, 6.07) is 5.86. The summed E-state index contributed by atoms with van der Waals surface area (Å²) < 4.78 is 10.5. The van der Waals surface area contributed by atoms with Gasteiger partial charge in [0.05, 0.1) is 20.8 Å². The summed E-state index contributed by atoms with van der Waals surface area (Å²) in [5, 5.41) is 6.03. The summed E-state index contributed by atoms with van der Waals surface area (Å²) in [5.41, 5.74) is 1.01. The minimum atomic E-state index is 0.0564. The molecule has 7 heteroatoms. The van der Waals surface area contributed by atoms with Crippen LogP contribution in [0, 0.1) is 0 Å². The number of nitrogens with zero attached hydrogens (tertiary/aromatic N) is 1. The van der Waals surface area contributed by atoms with Gasteiger partial charge in [0.1, 0.15) is 11.5 Å². The van der Waals surface area contributed by atoms with Crippen molar-refractivity contribution in [1.29, 1.82) is 0 Å². The zero-order chi connectivity index (χ0) is 20.4. The standard InChI is InChI=1S/C21H33N3O4/c1-4-9-22-21(26)15-24-10-7-17(8-11-24)23-20(25)6-5-16-12-18(27-2)14-19(13-16)28-3/h12-14,17H,4-11,15H2,1-3H3,(H,22,26)(H,23,25). The van der Waals surface area contributed by atoms with Gasteiger partial charge in [0.2, 0.25) is 11.8 Å². The quantitative estimate of drug-likeness (QED) is 0.635. The lowest BCUT2D eigenvalue weighted by Crippen LogP contribution is -2.47. The maximum Gasteiger partial charge on any atom is 0.234 e. The monoisotopic (exact) mass is 391 g/mol. The van der Waals surface area contributed by atoms with Gasteiger partial charge in [-0.05, 0) is 43.4 Å². The SMILES string of the molecule is CCCNC(=O)CN1CCC(NC(=O)CCc2cc(OC)cc(OC)c2)CC1. The number of amides is 2. The molecule has 1 aromatic carbocycles. The van der Waals surface area contributed by atoms with Crippen molar-refractivity contribution in [1.82, 2.24) is 15.5 Å². The largest absolute Gasteiger partial charge is 0.497 e. The number of likely N-dealkylation sites (tertiary alicyclic amines) is 1. The van der Waals surface area contributed by atoms with Crippen LogP contribution in [-0.2, 0) is 16.0 Å². The third kappa shape index (κ3) is 7.38. The number of hydrogen-bond acceptors (Lipinski definition) is 5. The van der Waals surface area contributed by atoms with Crippen LogP contribution in [0.1, 0.15) is 38.2 Å². The molecule has 1 aromatic rings. The Morgan fingerprint density at radius 1 is 1.07 bits per heavy atom. The van der Waals surface area contributed by atoms with Crippen molar-refractivity contribution in [2.75, 3.05) is 40.4 Å². The average molecular weight is 392 g/mol. The van der Waals surface area contributed by atoms with Crippen molar-refractivity contribution in [3.63, 3.8) is 0 Å². The number of aryl methyl sites for hydroxylation is 1. The van der Waals surface area contributed by atoms with Crippen molar-refractivity contribution < 1.29 is 19.1 Å². The zero-order valence-electron chi connectivity index (χ0n) is 17.3. The number of hydrogen-bond donors (Lipinski definition) is 2. The van der Waals surface area contributed by atoms with Crippen LogP contribution in [0.25, 0.3) is 0 Å². The number of nitrogens with one attached hydrogen (secondary N) is 2. The molecule has 0 atom stereocenters. The number of carbonyl (C=O) groups excluding carboxylic acids is 2. The van der Waals surface area contributed by atoms with Gasteiger partial charge < -0.3 is 20.1 Å². The van der Waals surface area contributed by atoms with Crippen LogP contribution in [0.15, 0.2) is 18.2 Å². The van der Waals surface area contributed by atoms with E-state index in [-0.39, 0.29) is 17.9 Å². The Balaban J connectivity index is 1.71. The lowest BCUT2D eigenvalue weighted by atomic mass is 10.0. The Hall–Kier alpha value is -2.28. The van der Waals surface area contributed by atoms with Gasteiger partial charge in [-0.15, -0.1) is 0 Å².